The van der Waals surface area contributed by atoms with Crippen molar-refractivity contribution >= 4 is 57.4 Å². The highest BCUT2D eigenvalue weighted by Crippen LogP contribution is 2.30. The number of hydrogen-bond acceptors (Lipinski definition) is 7. The molecule has 0 fully saturated rings. The molecule has 0 unspecified atom stereocenters. The summed E-state index contributed by atoms with van der Waals surface area (Å²) in [6.07, 6.45) is 1.40. The van der Waals surface area contributed by atoms with Crippen LogP contribution in [-0.2, 0) is 4.79 Å². The molecule has 0 radical (unpaired) electrons. The van der Waals surface area contributed by atoms with Crippen molar-refractivity contribution in [1.29, 1.82) is 0 Å². The summed E-state index contributed by atoms with van der Waals surface area (Å²) in [6, 6.07) is 22.8. The van der Waals surface area contributed by atoms with Crippen LogP contribution in [0.15, 0.2) is 84.0 Å². The van der Waals surface area contributed by atoms with Gasteiger partial charge in [0.1, 0.15) is 5.75 Å². The number of methoxy groups -OCH3 is 2. The first-order valence-electron chi connectivity index (χ1n) is 11.7. The molecule has 4 aromatic rings. The molecule has 2 N–H and O–H groups in total. The number of hydrogen-bond donors (Lipinski definition) is 2. The first kappa shape index (κ1) is 27.6. The summed E-state index contributed by atoms with van der Waals surface area (Å²) in [4.78, 5) is 37.7. The van der Waals surface area contributed by atoms with E-state index in [1.807, 2.05) is 36.4 Å². The second-order valence-corrected chi connectivity index (χ2v) is 9.28. The maximum Gasteiger partial charge on any atom is 0.343 e. The Morgan fingerprint density at radius 3 is 2.36 bits per heavy atom. The number of carbonyl (C=O) groups excluding carboxylic acids is 3. The van der Waals surface area contributed by atoms with Gasteiger partial charge in [0.15, 0.2) is 11.5 Å². The van der Waals surface area contributed by atoms with E-state index >= 15 is 0 Å². The van der Waals surface area contributed by atoms with Gasteiger partial charge in [-0.15, -0.1) is 0 Å². The Labute approximate surface area is 238 Å². The molecule has 0 aromatic heterocycles. The molecule has 0 aliphatic rings. The number of hydrazone groups is 1. The van der Waals surface area contributed by atoms with Crippen LogP contribution < -0.4 is 25.0 Å². The van der Waals surface area contributed by atoms with Crippen molar-refractivity contribution in [2.45, 2.75) is 0 Å². The Hall–Kier alpha value is -4.45. The number of rotatable bonds is 9. The van der Waals surface area contributed by atoms with Crippen molar-refractivity contribution in [2.24, 2.45) is 5.10 Å². The van der Waals surface area contributed by atoms with Crippen molar-refractivity contribution in [1.82, 2.24) is 10.7 Å². The quantitative estimate of drug-likeness (QED) is 0.0915. The molecule has 0 aliphatic heterocycles. The van der Waals surface area contributed by atoms with Gasteiger partial charge in [0.25, 0.3) is 11.8 Å². The van der Waals surface area contributed by atoms with Crippen molar-refractivity contribution in [3.8, 4) is 17.2 Å². The molecule has 198 valence electrons. The van der Waals surface area contributed by atoms with Crippen LogP contribution in [0.5, 0.6) is 17.2 Å². The average molecular weight is 637 g/mol. The van der Waals surface area contributed by atoms with Crippen molar-refractivity contribution < 1.29 is 28.6 Å². The number of esters is 1. The molecule has 2 amide bonds. The maximum atomic E-state index is 13.0. The van der Waals surface area contributed by atoms with Gasteiger partial charge in [0, 0.05) is 9.13 Å². The minimum atomic E-state index is -0.608. The van der Waals surface area contributed by atoms with Crippen molar-refractivity contribution in [3.63, 3.8) is 0 Å². The number of benzene rings is 4. The molecule has 10 heteroatoms. The van der Waals surface area contributed by atoms with Crippen LogP contribution in [0.1, 0.15) is 26.3 Å². The van der Waals surface area contributed by atoms with E-state index < -0.39 is 11.9 Å². The largest absolute Gasteiger partial charge is 0.493 e. The summed E-state index contributed by atoms with van der Waals surface area (Å²) >= 11 is 2.06. The fraction of sp³-hybridized carbons (Fsp3) is 0.103. The molecule has 0 atom stereocenters. The summed E-state index contributed by atoms with van der Waals surface area (Å²) in [5.74, 6) is -0.365. The lowest BCUT2D eigenvalue weighted by atomic mass is 10.0. The number of nitrogens with one attached hydrogen (secondary N) is 2. The lowest BCUT2D eigenvalue weighted by Crippen LogP contribution is -2.35. The predicted molar refractivity (Wildman–Crippen MR) is 156 cm³/mol. The van der Waals surface area contributed by atoms with E-state index in [4.69, 9.17) is 14.2 Å². The summed E-state index contributed by atoms with van der Waals surface area (Å²) < 4.78 is 17.0. The zero-order valence-electron chi connectivity index (χ0n) is 21.1. The number of nitrogens with zero attached hydrogens (tertiary/aromatic N) is 1. The summed E-state index contributed by atoms with van der Waals surface area (Å²) in [6.45, 7) is -0.266. The Morgan fingerprint density at radius 2 is 1.59 bits per heavy atom. The molecule has 4 rings (SSSR count). The predicted octanol–water partition coefficient (Wildman–Crippen LogP) is 4.56. The van der Waals surface area contributed by atoms with Gasteiger partial charge >= 0.3 is 5.97 Å². The Balaban J connectivity index is 1.50. The molecule has 0 saturated heterocycles. The van der Waals surface area contributed by atoms with E-state index in [9.17, 15) is 14.4 Å². The molecule has 0 aliphatic carbocycles. The normalized spacial score (nSPS) is 10.7. The summed E-state index contributed by atoms with van der Waals surface area (Å²) in [5.41, 5.74) is 3.63. The highest BCUT2D eigenvalue weighted by Gasteiger charge is 2.16. The maximum absolute atomic E-state index is 13.0. The monoisotopic (exact) mass is 637 g/mol. The molecule has 0 heterocycles. The van der Waals surface area contributed by atoms with Crippen LogP contribution >= 0.6 is 22.6 Å². The molecule has 4 aromatic carbocycles. The lowest BCUT2D eigenvalue weighted by Gasteiger charge is -2.12. The van der Waals surface area contributed by atoms with Gasteiger partial charge in [-0.1, -0.05) is 42.5 Å². The van der Waals surface area contributed by atoms with Crippen LogP contribution in [0.2, 0.25) is 0 Å². The van der Waals surface area contributed by atoms with Gasteiger partial charge in [-0.3, -0.25) is 9.59 Å². The zero-order valence-corrected chi connectivity index (χ0v) is 23.2. The SMILES string of the molecule is COc1ccc(C(=O)Oc2ccc3ccccc3c2/C=N\NC(=O)CNC(=O)c2ccccc2I)cc1OC. The van der Waals surface area contributed by atoms with E-state index in [1.165, 1.54) is 26.5 Å². The van der Waals surface area contributed by atoms with Gasteiger partial charge < -0.3 is 19.5 Å². The van der Waals surface area contributed by atoms with E-state index in [-0.39, 0.29) is 23.8 Å². The first-order valence-corrected chi connectivity index (χ1v) is 12.8. The number of carbonyl (C=O) groups is 3. The minimum Gasteiger partial charge on any atom is -0.493 e. The second-order valence-electron chi connectivity index (χ2n) is 8.11. The van der Waals surface area contributed by atoms with Gasteiger partial charge in [-0.2, -0.15) is 5.10 Å². The Bertz CT molecular complexity index is 1570. The van der Waals surface area contributed by atoms with Crippen LogP contribution in [0.25, 0.3) is 10.8 Å². The van der Waals surface area contributed by atoms with E-state index in [1.54, 1.807) is 36.4 Å². The van der Waals surface area contributed by atoms with Gasteiger partial charge in [-0.25, -0.2) is 10.2 Å². The van der Waals surface area contributed by atoms with Crippen LogP contribution in [0.4, 0.5) is 0 Å². The zero-order chi connectivity index (χ0) is 27.8. The van der Waals surface area contributed by atoms with Crippen LogP contribution in [0.3, 0.4) is 0 Å². The molecule has 0 saturated carbocycles. The third-order valence-corrected chi connectivity index (χ3v) is 6.60. The fourth-order valence-electron chi connectivity index (χ4n) is 3.73. The van der Waals surface area contributed by atoms with Gasteiger partial charge in [0.05, 0.1) is 38.1 Å². The Morgan fingerprint density at radius 1 is 0.872 bits per heavy atom. The molecule has 9 nitrogen and oxygen atoms in total. The number of halogens is 1. The lowest BCUT2D eigenvalue weighted by molar-refractivity contribution is -0.120. The third-order valence-electron chi connectivity index (χ3n) is 5.66. The number of fused-ring (bicyclic) bond motifs is 1. The fourth-order valence-corrected chi connectivity index (χ4v) is 4.36. The topological polar surface area (TPSA) is 115 Å². The molecule has 39 heavy (non-hydrogen) atoms. The smallest absolute Gasteiger partial charge is 0.343 e. The van der Waals surface area contributed by atoms with Crippen molar-refractivity contribution in [2.75, 3.05) is 20.8 Å². The van der Waals surface area contributed by atoms with E-state index in [2.05, 4.69) is 38.4 Å². The number of amides is 2. The second kappa shape index (κ2) is 12.9. The van der Waals surface area contributed by atoms with Crippen LogP contribution in [-0.4, -0.2) is 44.8 Å². The highest BCUT2D eigenvalue weighted by atomic mass is 127. The van der Waals surface area contributed by atoms with Gasteiger partial charge in [-0.05, 0) is 69.8 Å². The number of ether oxygens (including phenoxy) is 3. The van der Waals surface area contributed by atoms with Gasteiger partial charge in [0.2, 0.25) is 0 Å². The standard InChI is InChI=1S/C29H24IN3O6/c1-37-25-14-12-19(15-26(25)38-2)29(36)39-24-13-11-18-7-3-4-8-20(18)22(24)16-32-33-27(34)17-31-28(35)21-9-5-6-10-23(21)30/h3-16H,17H2,1-2H3,(H,31,35)(H,33,34)/b32-16-. The summed E-state index contributed by atoms with van der Waals surface area (Å²) in [5, 5.41) is 8.27. The van der Waals surface area contributed by atoms with Crippen molar-refractivity contribution in [3.05, 3.63) is 99.1 Å². The highest BCUT2D eigenvalue weighted by molar-refractivity contribution is 14.1. The van der Waals surface area contributed by atoms with Crippen LogP contribution in [0, 0.1) is 3.57 Å². The average Bonchev–Trinajstić information content (AvgIpc) is 2.96. The minimum absolute atomic E-state index is 0.249. The molecule has 0 bridgehead atoms. The molecule has 0 spiro atoms. The molecular formula is C29H24IN3O6. The van der Waals surface area contributed by atoms with E-state index in [0.717, 1.165) is 14.3 Å². The first-order chi connectivity index (χ1) is 18.9. The summed E-state index contributed by atoms with van der Waals surface area (Å²) in [7, 11) is 2.99. The third kappa shape index (κ3) is 6.71. The molecular weight excluding hydrogens is 613 g/mol. The Kier molecular flexibility index (Phi) is 9.10. The van der Waals surface area contributed by atoms with E-state index in [0.29, 0.717) is 22.6 Å².